The van der Waals surface area contributed by atoms with E-state index in [0.29, 0.717) is 11.7 Å². The molecule has 7 nitrogen and oxygen atoms in total. The van der Waals surface area contributed by atoms with Crippen LogP contribution >= 0.6 is 0 Å². The summed E-state index contributed by atoms with van der Waals surface area (Å²) in [5, 5.41) is 5.23. The lowest BCUT2D eigenvalue weighted by molar-refractivity contribution is 0.101. The largest absolute Gasteiger partial charge is 0.346 e. The van der Waals surface area contributed by atoms with Crippen LogP contribution in [0.25, 0.3) is 22.3 Å². The molecule has 0 unspecified atom stereocenters. The van der Waals surface area contributed by atoms with Crippen molar-refractivity contribution >= 4 is 16.7 Å². The summed E-state index contributed by atoms with van der Waals surface area (Å²) in [6.45, 7) is 7.85. The number of aromatic nitrogens is 4. The molecule has 1 aromatic carbocycles. The molecule has 0 radical (unpaired) electrons. The van der Waals surface area contributed by atoms with E-state index in [0.717, 1.165) is 74.3 Å². The number of carbonyl (C=O) groups excluding carboxylic acids is 1. The zero-order valence-corrected chi connectivity index (χ0v) is 19.9. The van der Waals surface area contributed by atoms with Crippen molar-refractivity contribution in [3.63, 3.8) is 0 Å². The van der Waals surface area contributed by atoms with Gasteiger partial charge in [-0.1, -0.05) is 30.3 Å². The Kier molecular flexibility index (Phi) is 6.54. The van der Waals surface area contributed by atoms with Crippen LogP contribution in [-0.2, 0) is 13.0 Å². The number of nitrogens with zero attached hydrogens (tertiary/aromatic N) is 5. The molecule has 0 atom stereocenters. The zero-order chi connectivity index (χ0) is 23.5. The normalized spacial score (nSPS) is 15.2. The van der Waals surface area contributed by atoms with Crippen molar-refractivity contribution in [3.8, 4) is 11.4 Å². The minimum atomic E-state index is 0.131. The number of hydrogen-bond acceptors (Lipinski definition) is 6. The predicted octanol–water partition coefficient (Wildman–Crippen LogP) is 5.12. The first kappa shape index (κ1) is 22.5. The van der Waals surface area contributed by atoms with Crippen molar-refractivity contribution < 1.29 is 9.32 Å². The van der Waals surface area contributed by atoms with E-state index < -0.39 is 0 Å². The Balaban J connectivity index is 1.17. The number of ketones is 1. The van der Waals surface area contributed by atoms with Gasteiger partial charge < -0.3 is 14.0 Å². The number of Topliss-reactive ketones (excluding diaryl/α,β-unsaturated/α-hetero) is 1. The number of para-hydroxylation sites is 1. The summed E-state index contributed by atoms with van der Waals surface area (Å²) in [5.41, 5.74) is 4.23. The average Bonchev–Trinajstić information content (AvgIpc) is 3.51. The smallest absolute Gasteiger partial charge is 0.230 e. The van der Waals surface area contributed by atoms with E-state index in [4.69, 9.17) is 4.52 Å². The van der Waals surface area contributed by atoms with Crippen molar-refractivity contribution in [1.29, 1.82) is 0 Å². The zero-order valence-electron chi connectivity index (χ0n) is 19.9. The summed E-state index contributed by atoms with van der Waals surface area (Å²) in [6.07, 6.45) is 9.61. The standard InChI is InChI=1S/C27H31N5O2/c1-3-20-7-4-9-23-24(19(2)33)18-32(25(20)23)14-6-13-31-15-10-21(11-16-31)27-29-26(30-34-27)22-8-5-12-28-17-22/h4-5,7-9,12,17-18,21H,3,6,10-11,13-16H2,1-2H3. The molecule has 176 valence electrons. The predicted molar refractivity (Wildman–Crippen MR) is 132 cm³/mol. The molecule has 3 aromatic heterocycles. The Morgan fingerprint density at radius 1 is 1.15 bits per heavy atom. The summed E-state index contributed by atoms with van der Waals surface area (Å²) < 4.78 is 7.87. The maximum atomic E-state index is 12.2. The minimum Gasteiger partial charge on any atom is -0.346 e. The first-order chi connectivity index (χ1) is 16.6. The van der Waals surface area contributed by atoms with Gasteiger partial charge in [-0.2, -0.15) is 4.98 Å². The second kappa shape index (κ2) is 9.89. The van der Waals surface area contributed by atoms with Crippen molar-refractivity contribution in [2.75, 3.05) is 19.6 Å². The van der Waals surface area contributed by atoms with E-state index in [1.165, 1.54) is 11.1 Å². The van der Waals surface area contributed by atoms with Crippen molar-refractivity contribution in [3.05, 3.63) is 65.9 Å². The lowest BCUT2D eigenvalue weighted by atomic mass is 9.96. The molecule has 1 saturated heterocycles. The number of carbonyl (C=O) groups is 1. The number of likely N-dealkylation sites (tertiary alicyclic amines) is 1. The molecule has 1 aliphatic heterocycles. The Bertz CT molecular complexity index is 1270. The number of benzene rings is 1. The van der Waals surface area contributed by atoms with Crippen LogP contribution in [0.3, 0.4) is 0 Å². The van der Waals surface area contributed by atoms with Crippen molar-refractivity contribution in [1.82, 2.24) is 24.6 Å². The number of piperidine rings is 1. The lowest BCUT2D eigenvalue weighted by Gasteiger charge is -2.30. The van der Waals surface area contributed by atoms with E-state index in [-0.39, 0.29) is 5.78 Å². The van der Waals surface area contributed by atoms with Crippen LogP contribution in [0.2, 0.25) is 0 Å². The minimum absolute atomic E-state index is 0.131. The molecule has 1 fully saturated rings. The average molecular weight is 458 g/mol. The van der Waals surface area contributed by atoms with E-state index in [1.807, 2.05) is 18.3 Å². The molecule has 0 saturated carbocycles. The fourth-order valence-electron chi connectivity index (χ4n) is 5.06. The van der Waals surface area contributed by atoms with Crippen LogP contribution < -0.4 is 0 Å². The monoisotopic (exact) mass is 457 g/mol. The van der Waals surface area contributed by atoms with Gasteiger partial charge in [-0.25, -0.2) is 0 Å². The van der Waals surface area contributed by atoms with Crippen molar-refractivity contribution in [2.45, 2.75) is 52.0 Å². The quantitative estimate of drug-likeness (QED) is 0.342. The maximum Gasteiger partial charge on any atom is 0.230 e. The highest BCUT2D eigenvalue weighted by atomic mass is 16.5. The molecular weight excluding hydrogens is 426 g/mol. The molecule has 1 aliphatic rings. The summed E-state index contributed by atoms with van der Waals surface area (Å²) in [6, 6.07) is 10.1. The summed E-state index contributed by atoms with van der Waals surface area (Å²) >= 11 is 0. The summed E-state index contributed by atoms with van der Waals surface area (Å²) in [5.74, 6) is 1.79. The van der Waals surface area contributed by atoms with Crippen LogP contribution in [0.5, 0.6) is 0 Å². The van der Waals surface area contributed by atoms with Gasteiger partial charge in [0.2, 0.25) is 11.7 Å². The molecule has 5 rings (SSSR count). The Morgan fingerprint density at radius 2 is 2.00 bits per heavy atom. The molecule has 7 heteroatoms. The third kappa shape index (κ3) is 4.53. The third-order valence-corrected chi connectivity index (χ3v) is 6.91. The molecule has 4 heterocycles. The lowest BCUT2D eigenvalue weighted by Crippen LogP contribution is -2.34. The SMILES string of the molecule is CCc1cccc2c(C(C)=O)cn(CCCN3CCC(c4nc(-c5cccnc5)no4)CC3)c12. The van der Waals surface area contributed by atoms with E-state index in [2.05, 4.69) is 49.7 Å². The number of hydrogen-bond donors (Lipinski definition) is 0. The van der Waals surface area contributed by atoms with Gasteiger partial charge in [0.05, 0.1) is 5.52 Å². The van der Waals surface area contributed by atoms with Gasteiger partial charge in [-0.15, -0.1) is 0 Å². The first-order valence-corrected chi connectivity index (χ1v) is 12.2. The second-order valence-electron chi connectivity index (χ2n) is 9.13. The van der Waals surface area contributed by atoms with E-state index >= 15 is 0 Å². The number of rotatable bonds is 8. The van der Waals surface area contributed by atoms with Gasteiger partial charge in [-0.3, -0.25) is 9.78 Å². The van der Waals surface area contributed by atoms with Gasteiger partial charge in [0.25, 0.3) is 0 Å². The Hall–Kier alpha value is -3.32. The molecule has 0 bridgehead atoms. The van der Waals surface area contributed by atoms with Crippen LogP contribution in [0.1, 0.15) is 60.8 Å². The van der Waals surface area contributed by atoms with E-state index in [9.17, 15) is 4.79 Å². The van der Waals surface area contributed by atoms with Gasteiger partial charge in [0, 0.05) is 47.6 Å². The highest BCUT2D eigenvalue weighted by Crippen LogP contribution is 2.29. The summed E-state index contributed by atoms with van der Waals surface area (Å²) in [7, 11) is 0. The second-order valence-corrected chi connectivity index (χ2v) is 9.13. The van der Waals surface area contributed by atoms with Crippen LogP contribution in [0, 0.1) is 0 Å². The van der Waals surface area contributed by atoms with Crippen LogP contribution in [0.15, 0.2) is 53.4 Å². The highest BCUT2D eigenvalue weighted by Gasteiger charge is 2.25. The van der Waals surface area contributed by atoms with Crippen molar-refractivity contribution in [2.24, 2.45) is 0 Å². The summed E-state index contributed by atoms with van der Waals surface area (Å²) in [4.78, 5) is 23.5. The number of pyridine rings is 1. The molecule has 0 N–H and O–H groups in total. The molecule has 0 amide bonds. The molecular formula is C27H31N5O2. The molecule has 0 spiro atoms. The maximum absolute atomic E-state index is 12.2. The molecule has 34 heavy (non-hydrogen) atoms. The number of aryl methyl sites for hydroxylation is 2. The molecule has 4 aromatic rings. The van der Waals surface area contributed by atoms with E-state index in [1.54, 1.807) is 19.3 Å². The first-order valence-electron chi connectivity index (χ1n) is 12.2. The fourth-order valence-corrected chi connectivity index (χ4v) is 5.06. The third-order valence-electron chi connectivity index (χ3n) is 6.91. The van der Waals surface area contributed by atoms with Gasteiger partial charge in [-0.05, 0) is 69.9 Å². The number of fused-ring (bicyclic) bond motifs is 1. The topological polar surface area (TPSA) is 77.1 Å². The Labute approximate surface area is 199 Å². The van der Waals surface area contributed by atoms with Crippen LogP contribution in [0.4, 0.5) is 0 Å². The van der Waals surface area contributed by atoms with Gasteiger partial charge in [0.15, 0.2) is 5.78 Å². The fraction of sp³-hybridized carbons (Fsp3) is 0.407. The van der Waals surface area contributed by atoms with Gasteiger partial charge >= 0.3 is 0 Å². The highest BCUT2D eigenvalue weighted by molar-refractivity contribution is 6.07. The molecule has 0 aliphatic carbocycles. The van der Waals surface area contributed by atoms with Gasteiger partial charge in [0.1, 0.15) is 0 Å². The Morgan fingerprint density at radius 3 is 2.74 bits per heavy atom. The van der Waals surface area contributed by atoms with Crippen LogP contribution in [-0.4, -0.2) is 50.0 Å².